The van der Waals surface area contributed by atoms with Crippen molar-refractivity contribution in [2.45, 2.75) is 10.9 Å². The number of hydrogen-bond donors (Lipinski definition) is 2. The number of aromatic nitrogens is 5. The maximum absolute atomic E-state index is 11.3. The number of H-pyrrole nitrogens is 2. The zero-order valence-electron chi connectivity index (χ0n) is 12.4. The summed E-state index contributed by atoms with van der Waals surface area (Å²) in [5, 5.41) is 13.6. The van der Waals surface area contributed by atoms with Crippen LogP contribution in [0.25, 0.3) is 0 Å². The highest BCUT2D eigenvalue weighted by atomic mass is 35.5. The van der Waals surface area contributed by atoms with Gasteiger partial charge in [-0.3, -0.25) is 9.78 Å². The van der Waals surface area contributed by atoms with E-state index < -0.39 is 11.2 Å². The van der Waals surface area contributed by atoms with Gasteiger partial charge in [-0.15, -0.1) is 10.2 Å². The number of halogens is 2. The van der Waals surface area contributed by atoms with Gasteiger partial charge in [-0.25, -0.2) is 4.79 Å². The third-order valence-electron chi connectivity index (χ3n) is 2.97. The van der Waals surface area contributed by atoms with Gasteiger partial charge in [-0.1, -0.05) is 41.0 Å². The average Bonchev–Trinajstić information content (AvgIpc) is 2.99. The molecule has 11 heteroatoms. The number of rotatable bonds is 5. The first-order valence-electron chi connectivity index (χ1n) is 6.86. The maximum Gasteiger partial charge on any atom is 0.326 e. The molecule has 25 heavy (non-hydrogen) atoms. The first-order chi connectivity index (χ1) is 12.0. The van der Waals surface area contributed by atoms with Gasteiger partial charge in [0.2, 0.25) is 5.16 Å². The average molecular weight is 397 g/mol. The highest BCUT2D eigenvalue weighted by Crippen LogP contribution is 2.27. The first kappa shape index (κ1) is 17.5. The van der Waals surface area contributed by atoms with Gasteiger partial charge in [0.05, 0.1) is 11.9 Å². The number of benzene rings is 1. The van der Waals surface area contributed by atoms with Gasteiger partial charge in [0.1, 0.15) is 6.33 Å². The fraction of sp³-hybridized carbons (Fsp3) is 0.0714. The predicted octanol–water partition coefficient (Wildman–Crippen LogP) is 2.14. The molecule has 0 atom stereocenters. The molecule has 128 valence electrons. The van der Waals surface area contributed by atoms with Crippen LogP contribution in [0.4, 0.5) is 0 Å². The van der Waals surface area contributed by atoms with Crippen LogP contribution in [0.2, 0.25) is 10.0 Å². The van der Waals surface area contributed by atoms with Crippen molar-refractivity contribution in [1.29, 1.82) is 0 Å². The van der Waals surface area contributed by atoms with Crippen LogP contribution in [0.1, 0.15) is 11.3 Å². The minimum Gasteiger partial charge on any atom is -0.306 e. The lowest BCUT2D eigenvalue weighted by Gasteiger charge is -2.04. The molecular weight excluding hydrogens is 387 g/mol. The highest BCUT2D eigenvalue weighted by molar-refractivity contribution is 7.98. The molecule has 0 fully saturated rings. The van der Waals surface area contributed by atoms with Crippen LogP contribution in [-0.2, 0) is 5.75 Å². The van der Waals surface area contributed by atoms with Crippen molar-refractivity contribution in [1.82, 2.24) is 24.8 Å². The van der Waals surface area contributed by atoms with Gasteiger partial charge >= 0.3 is 5.69 Å². The van der Waals surface area contributed by atoms with Crippen molar-refractivity contribution in [3.05, 3.63) is 72.7 Å². The minimum atomic E-state index is -0.607. The molecule has 0 saturated heterocycles. The molecule has 2 heterocycles. The van der Waals surface area contributed by atoms with Crippen LogP contribution in [-0.4, -0.2) is 31.1 Å². The molecule has 0 amide bonds. The minimum absolute atomic E-state index is 0.263. The lowest BCUT2D eigenvalue weighted by Crippen LogP contribution is -2.22. The molecule has 1 aromatic carbocycles. The van der Waals surface area contributed by atoms with Crippen LogP contribution in [0, 0.1) is 0 Å². The second-order valence-electron chi connectivity index (χ2n) is 4.77. The van der Waals surface area contributed by atoms with Crippen LogP contribution >= 0.6 is 35.0 Å². The quantitative estimate of drug-likeness (QED) is 0.507. The van der Waals surface area contributed by atoms with Crippen molar-refractivity contribution < 1.29 is 0 Å². The number of thioether (sulfide) groups is 1. The van der Waals surface area contributed by atoms with Gasteiger partial charge in [0.15, 0.2) is 0 Å². The Morgan fingerprint density at radius 3 is 2.84 bits per heavy atom. The van der Waals surface area contributed by atoms with E-state index in [0.717, 1.165) is 5.56 Å². The molecule has 0 bridgehead atoms. The fourth-order valence-electron chi connectivity index (χ4n) is 1.86. The first-order valence-corrected chi connectivity index (χ1v) is 8.60. The summed E-state index contributed by atoms with van der Waals surface area (Å²) in [6.07, 6.45) is 2.74. The van der Waals surface area contributed by atoms with E-state index in [0.29, 0.717) is 21.0 Å². The highest BCUT2D eigenvalue weighted by Gasteiger charge is 2.07. The summed E-state index contributed by atoms with van der Waals surface area (Å²) in [4.78, 5) is 27.0. The second-order valence-corrected chi connectivity index (χ2v) is 6.56. The summed E-state index contributed by atoms with van der Waals surface area (Å²) in [5.41, 5.74) is 0.0401. The third kappa shape index (κ3) is 4.59. The van der Waals surface area contributed by atoms with Crippen molar-refractivity contribution in [2.75, 3.05) is 0 Å². The zero-order valence-corrected chi connectivity index (χ0v) is 14.8. The molecule has 2 N–H and O–H groups in total. The molecule has 3 aromatic rings. The van der Waals surface area contributed by atoms with Gasteiger partial charge in [0.25, 0.3) is 5.56 Å². The summed E-state index contributed by atoms with van der Waals surface area (Å²) in [6.45, 7) is 0. The van der Waals surface area contributed by atoms with E-state index in [4.69, 9.17) is 23.2 Å². The number of nitrogens with one attached hydrogen (secondary N) is 2. The smallest absolute Gasteiger partial charge is 0.306 e. The predicted molar refractivity (Wildman–Crippen MR) is 96.7 cm³/mol. The molecule has 0 aliphatic heterocycles. The number of hydrogen-bond acceptors (Lipinski definition) is 6. The van der Waals surface area contributed by atoms with Crippen LogP contribution < -0.4 is 11.2 Å². The summed E-state index contributed by atoms with van der Waals surface area (Å²) in [6, 6.07) is 6.48. The maximum atomic E-state index is 11.3. The van der Waals surface area contributed by atoms with E-state index in [1.165, 1.54) is 35.0 Å². The normalized spacial score (nSPS) is 11.3. The van der Waals surface area contributed by atoms with Gasteiger partial charge in [-0.2, -0.15) is 9.78 Å². The molecule has 0 aliphatic rings. The van der Waals surface area contributed by atoms with Crippen molar-refractivity contribution in [2.24, 2.45) is 5.10 Å². The van der Waals surface area contributed by atoms with E-state index >= 15 is 0 Å². The summed E-state index contributed by atoms with van der Waals surface area (Å²) in [5.74, 6) is 0.548. The molecule has 0 unspecified atom stereocenters. The molecule has 0 saturated carbocycles. The van der Waals surface area contributed by atoms with E-state index in [9.17, 15) is 9.59 Å². The standard InChI is InChI=1S/C14H10Cl2N6O2S/c15-9-2-1-8(11(16)3-9)6-25-14-21-17-7-22(14)18-5-10-4-12(23)20-13(24)19-10/h1-5,7H,6H2,(H2,19,20,23,24)/b18-5+. The Balaban J connectivity index is 1.75. The summed E-state index contributed by atoms with van der Waals surface area (Å²) >= 11 is 13.4. The third-order valence-corrected chi connectivity index (χ3v) is 4.54. The van der Waals surface area contributed by atoms with Gasteiger partial charge < -0.3 is 4.98 Å². The van der Waals surface area contributed by atoms with Crippen molar-refractivity contribution >= 4 is 41.2 Å². The zero-order chi connectivity index (χ0) is 17.8. The van der Waals surface area contributed by atoms with Crippen molar-refractivity contribution in [3.8, 4) is 0 Å². The summed E-state index contributed by atoms with van der Waals surface area (Å²) in [7, 11) is 0. The molecule has 3 rings (SSSR count). The molecule has 0 spiro atoms. The largest absolute Gasteiger partial charge is 0.326 e. The van der Waals surface area contributed by atoms with Crippen molar-refractivity contribution in [3.63, 3.8) is 0 Å². The SMILES string of the molecule is O=c1cc(/C=N/n2cnnc2SCc2ccc(Cl)cc2Cl)[nH]c(=O)[nH]1. The molecular formula is C14H10Cl2N6O2S. The topological polar surface area (TPSA) is 109 Å². The Hall–Kier alpha value is -2.36. The monoisotopic (exact) mass is 396 g/mol. The Kier molecular flexibility index (Phi) is 5.37. The van der Waals surface area contributed by atoms with E-state index in [1.54, 1.807) is 12.1 Å². The van der Waals surface area contributed by atoms with Crippen LogP contribution in [0.3, 0.4) is 0 Å². The van der Waals surface area contributed by atoms with Gasteiger partial charge in [0, 0.05) is 21.9 Å². The molecule has 2 aromatic heterocycles. The Morgan fingerprint density at radius 1 is 1.24 bits per heavy atom. The van der Waals surface area contributed by atoms with Gasteiger partial charge in [-0.05, 0) is 17.7 Å². The Morgan fingerprint density at radius 2 is 2.08 bits per heavy atom. The van der Waals surface area contributed by atoms with E-state index in [-0.39, 0.29) is 5.69 Å². The Labute approximate surface area is 154 Å². The lowest BCUT2D eigenvalue weighted by atomic mass is 10.2. The fourth-order valence-corrected chi connectivity index (χ4v) is 3.28. The Bertz CT molecular complexity index is 1010. The molecule has 8 nitrogen and oxygen atoms in total. The lowest BCUT2D eigenvalue weighted by molar-refractivity contribution is 0.766. The molecule has 0 radical (unpaired) electrons. The number of aromatic amines is 2. The second kappa shape index (κ2) is 7.68. The number of nitrogens with zero attached hydrogens (tertiary/aromatic N) is 4. The van der Waals surface area contributed by atoms with E-state index in [1.807, 2.05) is 6.07 Å². The van der Waals surface area contributed by atoms with Crippen LogP contribution in [0.15, 0.2) is 50.4 Å². The summed E-state index contributed by atoms with van der Waals surface area (Å²) < 4.78 is 1.42. The van der Waals surface area contributed by atoms with E-state index in [2.05, 4.69) is 25.3 Å². The molecule has 0 aliphatic carbocycles. The van der Waals surface area contributed by atoms with Crippen LogP contribution in [0.5, 0.6) is 0 Å².